The van der Waals surface area contributed by atoms with Gasteiger partial charge in [-0.25, -0.2) is 0 Å². The zero-order valence-electron chi connectivity index (χ0n) is 18.5. The van der Waals surface area contributed by atoms with Crippen LogP contribution in [0, 0.1) is 11.8 Å². The van der Waals surface area contributed by atoms with Crippen LogP contribution in [0.25, 0.3) is 11.1 Å². The summed E-state index contributed by atoms with van der Waals surface area (Å²) >= 11 is 6.52. The maximum atomic E-state index is 12.7. The van der Waals surface area contributed by atoms with Gasteiger partial charge in [0.2, 0.25) is 0 Å². The topological polar surface area (TPSA) is 54.0 Å². The second-order valence-corrected chi connectivity index (χ2v) is 9.66. The molecule has 0 unspecified atom stereocenters. The van der Waals surface area contributed by atoms with Crippen LogP contribution in [0.5, 0.6) is 0 Å². The lowest BCUT2D eigenvalue weighted by Gasteiger charge is -2.29. The van der Waals surface area contributed by atoms with Crippen LogP contribution >= 0.6 is 11.6 Å². The van der Waals surface area contributed by atoms with Crippen molar-refractivity contribution in [3.05, 3.63) is 47.2 Å². The fourth-order valence-electron chi connectivity index (χ4n) is 5.04. The SMILES string of the molecule is C[C@@H](Nc1cccc(-c2cc(CC(=O)[C@@H]3CCCNC3)ncc2Cl)c1)C1CCCCC1. The van der Waals surface area contributed by atoms with E-state index < -0.39 is 0 Å². The van der Waals surface area contributed by atoms with Crippen molar-refractivity contribution < 1.29 is 4.79 Å². The van der Waals surface area contributed by atoms with E-state index in [0.29, 0.717) is 17.5 Å². The van der Waals surface area contributed by atoms with E-state index in [4.69, 9.17) is 11.6 Å². The number of halogens is 1. The van der Waals surface area contributed by atoms with Gasteiger partial charge in [0.25, 0.3) is 0 Å². The number of hydrogen-bond acceptors (Lipinski definition) is 4. The van der Waals surface area contributed by atoms with Crippen molar-refractivity contribution in [2.45, 2.75) is 64.3 Å². The molecule has 2 aliphatic rings. The number of carbonyl (C=O) groups is 1. The molecule has 2 heterocycles. The Morgan fingerprint density at radius 2 is 2.03 bits per heavy atom. The highest BCUT2D eigenvalue weighted by molar-refractivity contribution is 6.33. The third-order valence-electron chi connectivity index (χ3n) is 6.94. The van der Waals surface area contributed by atoms with Crippen molar-refractivity contribution in [1.29, 1.82) is 0 Å². The Labute approximate surface area is 191 Å². The molecule has 4 nitrogen and oxygen atoms in total. The van der Waals surface area contributed by atoms with Gasteiger partial charge in [-0.1, -0.05) is 43.0 Å². The van der Waals surface area contributed by atoms with Gasteiger partial charge in [-0.2, -0.15) is 0 Å². The second kappa shape index (κ2) is 10.6. The van der Waals surface area contributed by atoms with Gasteiger partial charge in [0.05, 0.1) is 5.02 Å². The minimum atomic E-state index is 0.100. The predicted octanol–water partition coefficient (Wildman–Crippen LogP) is 5.89. The van der Waals surface area contributed by atoms with Crippen molar-refractivity contribution >= 4 is 23.1 Å². The summed E-state index contributed by atoms with van der Waals surface area (Å²) in [6, 6.07) is 10.9. The molecule has 2 aromatic rings. The molecule has 2 N–H and O–H groups in total. The molecule has 0 spiro atoms. The molecule has 1 aliphatic carbocycles. The molecule has 2 fully saturated rings. The number of aromatic nitrogens is 1. The highest BCUT2D eigenvalue weighted by Crippen LogP contribution is 2.32. The number of ketones is 1. The summed E-state index contributed by atoms with van der Waals surface area (Å²) in [6.07, 6.45) is 10.8. The lowest BCUT2D eigenvalue weighted by Crippen LogP contribution is -2.35. The molecule has 0 bridgehead atoms. The zero-order valence-corrected chi connectivity index (χ0v) is 19.3. The molecular weight excluding hydrogens is 406 g/mol. The molecule has 166 valence electrons. The van der Waals surface area contributed by atoms with Gasteiger partial charge in [0.15, 0.2) is 0 Å². The number of hydrogen-bond donors (Lipinski definition) is 2. The number of pyridine rings is 1. The van der Waals surface area contributed by atoms with Crippen molar-refractivity contribution in [2.24, 2.45) is 11.8 Å². The fraction of sp³-hybridized carbons (Fsp3) is 0.538. The first-order chi connectivity index (χ1) is 15.1. The summed E-state index contributed by atoms with van der Waals surface area (Å²) < 4.78 is 0. The van der Waals surface area contributed by atoms with Gasteiger partial charge in [-0.05, 0) is 68.8 Å². The van der Waals surface area contributed by atoms with Crippen molar-refractivity contribution in [3.8, 4) is 11.1 Å². The number of nitrogens with zero attached hydrogens (tertiary/aromatic N) is 1. The molecule has 1 saturated carbocycles. The molecule has 1 aromatic carbocycles. The number of nitrogens with one attached hydrogen (secondary N) is 2. The van der Waals surface area contributed by atoms with E-state index in [1.54, 1.807) is 6.20 Å². The smallest absolute Gasteiger partial charge is 0.143 e. The van der Waals surface area contributed by atoms with Crippen molar-refractivity contribution in [1.82, 2.24) is 10.3 Å². The van der Waals surface area contributed by atoms with Gasteiger partial charge >= 0.3 is 0 Å². The van der Waals surface area contributed by atoms with Gasteiger partial charge in [-0.15, -0.1) is 0 Å². The number of carbonyl (C=O) groups excluding carboxylic acids is 1. The standard InChI is InChI=1S/C26H34ClN3O/c1-18(19-7-3-2-4-8-19)30-22-11-5-9-20(13-22)24-14-23(29-17-25(24)27)15-26(31)21-10-6-12-28-16-21/h5,9,11,13-14,17-19,21,28,30H,2-4,6-8,10,12,15-16H2,1H3/t18-,21-/m1/s1. The number of Topliss-reactive ketones (excluding diaryl/α,β-unsaturated/α-hetero) is 1. The molecule has 0 amide bonds. The maximum Gasteiger partial charge on any atom is 0.143 e. The summed E-state index contributed by atoms with van der Waals surface area (Å²) in [7, 11) is 0. The van der Waals surface area contributed by atoms with Crippen LogP contribution in [0.3, 0.4) is 0 Å². The van der Waals surface area contributed by atoms with Gasteiger partial charge < -0.3 is 10.6 Å². The Hall–Kier alpha value is -1.91. The third kappa shape index (κ3) is 5.87. The monoisotopic (exact) mass is 439 g/mol. The average molecular weight is 440 g/mol. The van der Waals surface area contributed by atoms with Crippen LogP contribution in [0.4, 0.5) is 5.69 Å². The molecule has 1 aliphatic heterocycles. The van der Waals surface area contributed by atoms with E-state index >= 15 is 0 Å². The first kappa shape index (κ1) is 22.3. The first-order valence-electron chi connectivity index (χ1n) is 11.8. The first-order valence-corrected chi connectivity index (χ1v) is 12.2. The number of piperidine rings is 1. The molecule has 5 heteroatoms. The molecular formula is C26H34ClN3O. The Bertz CT molecular complexity index is 888. The second-order valence-electron chi connectivity index (χ2n) is 9.25. The van der Waals surface area contributed by atoms with E-state index in [9.17, 15) is 4.79 Å². The van der Waals surface area contributed by atoms with Crippen LogP contribution in [-0.4, -0.2) is 29.9 Å². The zero-order chi connectivity index (χ0) is 21.6. The minimum Gasteiger partial charge on any atom is -0.382 e. The average Bonchev–Trinajstić information content (AvgIpc) is 2.81. The third-order valence-corrected chi connectivity index (χ3v) is 7.25. The van der Waals surface area contributed by atoms with E-state index in [-0.39, 0.29) is 11.7 Å². The Morgan fingerprint density at radius 1 is 1.19 bits per heavy atom. The molecule has 31 heavy (non-hydrogen) atoms. The van der Waals surface area contributed by atoms with E-state index in [1.165, 1.54) is 32.1 Å². The summed E-state index contributed by atoms with van der Waals surface area (Å²) in [5.41, 5.74) is 3.91. The summed E-state index contributed by atoms with van der Waals surface area (Å²) in [4.78, 5) is 17.1. The summed E-state index contributed by atoms with van der Waals surface area (Å²) in [5.74, 6) is 1.11. The highest BCUT2D eigenvalue weighted by Gasteiger charge is 2.22. The van der Waals surface area contributed by atoms with Crippen LogP contribution in [0.15, 0.2) is 36.5 Å². The highest BCUT2D eigenvalue weighted by atomic mass is 35.5. The van der Waals surface area contributed by atoms with Crippen molar-refractivity contribution in [3.63, 3.8) is 0 Å². The quantitative estimate of drug-likeness (QED) is 0.564. The van der Waals surface area contributed by atoms with Crippen LogP contribution in [-0.2, 0) is 11.2 Å². The Kier molecular flexibility index (Phi) is 7.62. The van der Waals surface area contributed by atoms with Crippen LogP contribution in [0.1, 0.15) is 57.6 Å². The van der Waals surface area contributed by atoms with Gasteiger partial charge in [-0.3, -0.25) is 9.78 Å². The predicted molar refractivity (Wildman–Crippen MR) is 129 cm³/mol. The van der Waals surface area contributed by atoms with Crippen molar-refractivity contribution in [2.75, 3.05) is 18.4 Å². The molecule has 1 aromatic heterocycles. The van der Waals surface area contributed by atoms with E-state index in [0.717, 1.165) is 54.4 Å². The molecule has 0 radical (unpaired) electrons. The molecule has 2 atom stereocenters. The van der Waals surface area contributed by atoms with E-state index in [2.05, 4.69) is 46.8 Å². The lowest BCUT2D eigenvalue weighted by molar-refractivity contribution is -0.122. The summed E-state index contributed by atoms with van der Waals surface area (Å²) in [6.45, 7) is 4.09. The number of benzene rings is 1. The van der Waals surface area contributed by atoms with Crippen LogP contribution in [0.2, 0.25) is 5.02 Å². The molecule has 4 rings (SSSR count). The molecule has 1 saturated heterocycles. The number of anilines is 1. The summed E-state index contributed by atoms with van der Waals surface area (Å²) in [5, 5.41) is 7.65. The van der Waals surface area contributed by atoms with E-state index in [1.807, 2.05) is 6.07 Å². The van der Waals surface area contributed by atoms with Gasteiger partial charge in [0.1, 0.15) is 5.78 Å². The minimum absolute atomic E-state index is 0.100. The lowest BCUT2D eigenvalue weighted by atomic mass is 9.84. The van der Waals surface area contributed by atoms with Gasteiger partial charge in [0, 0.05) is 48.1 Å². The normalized spacial score (nSPS) is 20.9. The van der Waals surface area contributed by atoms with Crippen LogP contribution < -0.4 is 10.6 Å². The largest absolute Gasteiger partial charge is 0.382 e. The fourth-order valence-corrected chi connectivity index (χ4v) is 5.25. The Morgan fingerprint density at radius 3 is 2.81 bits per heavy atom. The number of rotatable bonds is 7. The Balaban J connectivity index is 1.47. The maximum absolute atomic E-state index is 12.7.